The zero-order chi connectivity index (χ0) is 13.1. The van der Waals surface area contributed by atoms with E-state index >= 15 is 0 Å². The highest BCUT2D eigenvalue weighted by Gasteiger charge is 2.30. The molecule has 1 aliphatic heterocycles. The number of methoxy groups -OCH3 is 1. The first-order chi connectivity index (χ1) is 8.61. The standard InChI is InChI=1S/C13H18N2O3/c1-8-10(5-6-18-8)13(16)15-12-7-9(17-2)3-4-11(12)14/h3-4,7-8,10H,5-6,14H2,1-2H3,(H,15,16). The molecule has 1 heterocycles. The molecule has 1 saturated heterocycles. The molecule has 0 saturated carbocycles. The van der Waals surface area contributed by atoms with Crippen LogP contribution in [-0.4, -0.2) is 25.7 Å². The maximum Gasteiger partial charge on any atom is 0.230 e. The van der Waals surface area contributed by atoms with Crippen molar-refractivity contribution in [2.45, 2.75) is 19.4 Å². The second-order valence-electron chi connectivity index (χ2n) is 4.41. The van der Waals surface area contributed by atoms with Crippen molar-refractivity contribution >= 4 is 17.3 Å². The highest BCUT2D eigenvalue weighted by molar-refractivity contribution is 5.96. The number of nitrogens with two attached hydrogens (primary N) is 1. The van der Waals surface area contributed by atoms with E-state index in [1.165, 1.54) is 0 Å². The molecule has 98 valence electrons. The molecule has 5 nitrogen and oxygen atoms in total. The minimum absolute atomic E-state index is 0.0446. The lowest BCUT2D eigenvalue weighted by Crippen LogP contribution is -2.28. The SMILES string of the molecule is COc1ccc(N)c(NC(=O)C2CCOC2C)c1. The van der Waals surface area contributed by atoms with Gasteiger partial charge in [-0.15, -0.1) is 0 Å². The Morgan fingerprint density at radius 2 is 2.33 bits per heavy atom. The minimum Gasteiger partial charge on any atom is -0.497 e. The Balaban J connectivity index is 2.11. The summed E-state index contributed by atoms with van der Waals surface area (Å²) in [6.45, 7) is 2.54. The fourth-order valence-electron chi connectivity index (χ4n) is 2.07. The molecule has 0 radical (unpaired) electrons. The third-order valence-electron chi connectivity index (χ3n) is 3.23. The summed E-state index contributed by atoms with van der Waals surface area (Å²) >= 11 is 0. The summed E-state index contributed by atoms with van der Waals surface area (Å²) in [5.41, 5.74) is 6.93. The summed E-state index contributed by atoms with van der Waals surface area (Å²) in [7, 11) is 1.57. The van der Waals surface area contributed by atoms with Crippen molar-refractivity contribution in [1.82, 2.24) is 0 Å². The molecule has 1 amide bonds. The Labute approximate surface area is 106 Å². The lowest BCUT2D eigenvalue weighted by Gasteiger charge is -2.15. The number of carbonyl (C=O) groups is 1. The van der Waals surface area contributed by atoms with Gasteiger partial charge in [0.1, 0.15) is 5.75 Å². The van der Waals surface area contributed by atoms with Gasteiger partial charge in [-0.2, -0.15) is 0 Å². The number of nitrogens with one attached hydrogen (secondary N) is 1. The molecule has 1 aliphatic rings. The second kappa shape index (κ2) is 5.27. The number of nitrogen functional groups attached to an aromatic ring is 1. The van der Waals surface area contributed by atoms with Gasteiger partial charge in [-0.05, 0) is 25.5 Å². The topological polar surface area (TPSA) is 73.6 Å². The first-order valence-corrected chi connectivity index (χ1v) is 5.98. The van der Waals surface area contributed by atoms with E-state index in [2.05, 4.69) is 5.32 Å². The molecule has 2 atom stereocenters. The Morgan fingerprint density at radius 1 is 1.56 bits per heavy atom. The van der Waals surface area contributed by atoms with Gasteiger partial charge in [0, 0.05) is 12.7 Å². The third kappa shape index (κ3) is 2.56. The number of anilines is 2. The molecule has 0 aromatic heterocycles. The summed E-state index contributed by atoms with van der Waals surface area (Å²) in [5.74, 6) is 0.491. The predicted molar refractivity (Wildman–Crippen MR) is 69.6 cm³/mol. The molecule has 1 aromatic carbocycles. The van der Waals surface area contributed by atoms with Gasteiger partial charge in [0.05, 0.1) is 30.5 Å². The van der Waals surface area contributed by atoms with E-state index in [4.69, 9.17) is 15.2 Å². The maximum atomic E-state index is 12.1. The summed E-state index contributed by atoms with van der Waals surface area (Å²) < 4.78 is 10.5. The second-order valence-corrected chi connectivity index (χ2v) is 4.41. The normalized spacial score (nSPS) is 22.8. The zero-order valence-electron chi connectivity index (χ0n) is 10.6. The van der Waals surface area contributed by atoms with Crippen molar-refractivity contribution in [3.8, 4) is 5.75 Å². The Kier molecular flexibility index (Phi) is 3.72. The van der Waals surface area contributed by atoms with E-state index in [9.17, 15) is 4.79 Å². The highest BCUT2D eigenvalue weighted by atomic mass is 16.5. The molecular weight excluding hydrogens is 232 g/mol. The smallest absolute Gasteiger partial charge is 0.230 e. The van der Waals surface area contributed by atoms with Gasteiger partial charge in [-0.3, -0.25) is 4.79 Å². The van der Waals surface area contributed by atoms with Crippen LogP contribution < -0.4 is 15.8 Å². The van der Waals surface area contributed by atoms with Gasteiger partial charge in [0.2, 0.25) is 5.91 Å². The molecule has 3 N–H and O–H groups in total. The van der Waals surface area contributed by atoms with Crippen molar-refractivity contribution in [1.29, 1.82) is 0 Å². The molecule has 1 fully saturated rings. The first kappa shape index (κ1) is 12.7. The number of rotatable bonds is 3. The van der Waals surface area contributed by atoms with Crippen LogP contribution in [0.5, 0.6) is 5.75 Å². The third-order valence-corrected chi connectivity index (χ3v) is 3.23. The number of amides is 1. The van der Waals surface area contributed by atoms with E-state index in [1.54, 1.807) is 25.3 Å². The number of ether oxygens (including phenoxy) is 2. The van der Waals surface area contributed by atoms with Gasteiger partial charge in [0.15, 0.2) is 0 Å². The summed E-state index contributed by atoms with van der Waals surface area (Å²) in [6, 6.07) is 5.18. The number of hydrogen-bond acceptors (Lipinski definition) is 4. The molecule has 5 heteroatoms. The van der Waals surface area contributed by atoms with Crippen LogP contribution >= 0.6 is 0 Å². The molecule has 0 aliphatic carbocycles. The Bertz CT molecular complexity index is 448. The fraction of sp³-hybridized carbons (Fsp3) is 0.462. The van der Waals surface area contributed by atoms with Crippen molar-refractivity contribution in [2.75, 3.05) is 24.8 Å². The average molecular weight is 250 g/mol. The molecule has 0 spiro atoms. The maximum absolute atomic E-state index is 12.1. The van der Waals surface area contributed by atoms with Gasteiger partial charge < -0.3 is 20.5 Å². The summed E-state index contributed by atoms with van der Waals surface area (Å²) in [4.78, 5) is 12.1. The number of carbonyl (C=O) groups excluding carboxylic acids is 1. The first-order valence-electron chi connectivity index (χ1n) is 5.98. The summed E-state index contributed by atoms with van der Waals surface area (Å²) in [6.07, 6.45) is 0.702. The number of hydrogen-bond donors (Lipinski definition) is 2. The van der Waals surface area contributed by atoms with Crippen LogP contribution in [0.1, 0.15) is 13.3 Å². The quantitative estimate of drug-likeness (QED) is 0.800. The van der Waals surface area contributed by atoms with Crippen LogP contribution in [-0.2, 0) is 9.53 Å². The van der Waals surface area contributed by atoms with Gasteiger partial charge in [-0.25, -0.2) is 0 Å². The monoisotopic (exact) mass is 250 g/mol. The lowest BCUT2D eigenvalue weighted by molar-refractivity contribution is -0.121. The van der Waals surface area contributed by atoms with E-state index < -0.39 is 0 Å². The van der Waals surface area contributed by atoms with E-state index in [0.29, 0.717) is 23.7 Å². The van der Waals surface area contributed by atoms with Gasteiger partial charge in [0.25, 0.3) is 0 Å². The number of benzene rings is 1. The molecule has 2 unspecified atom stereocenters. The molecule has 1 aromatic rings. The molecule has 18 heavy (non-hydrogen) atoms. The fourth-order valence-corrected chi connectivity index (χ4v) is 2.07. The Morgan fingerprint density at radius 3 is 2.94 bits per heavy atom. The molecule has 0 bridgehead atoms. The van der Waals surface area contributed by atoms with Crippen LogP contribution in [0.2, 0.25) is 0 Å². The van der Waals surface area contributed by atoms with Crippen LogP contribution in [0, 0.1) is 5.92 Å². The van der Waals surface area contributed by atoms with E-state index in [-0.39, 0.29) is 17.9 Å². The van der Waals surface area contributed by atoms with Crippen LogP contribution in [0.15, 0.2) is 18.2 Å². The Hall–Kier alpha value is -1.75. The predicted octanol–water partition coefficient (Wildman–Crippen LogP) is 1.64. The van der Waals surface area contributed by atoms with Crippen molar-refractivity contribution in [2.24, 2.45) is 5.92 Å². The van der Waals surface area contributed by atoms with Crippen LogP contribution in [0.4, 0.5) is 11.4 Å². The molecule has 2 rings (SSSR count). The van der Waals surface area contributed by atoms with E-state index in [0.717, 1.165) is 6.42 Å². The minimum atomic E-state index is -0.115. The van der Waals surface area contributed by atoms with Crippen molar-refractivity contribution < 1.29 is 14.3 Å². The van der Waals surface area contributed by atoms with Gasteiger partial charge >= 0.3 is 0 Å². The van der Waals surface area contributed by atoms with Crippen LogP contribution in [0.3, 0.4) is 0 Å². The largest absolute Gasteiger partial charge is 0.497 e. The molecular formula is C13H18N2O3. The van der Waals surface area contributed by atoms with Gasteiger partial charge in [-0.1, -0.05) is 0 Å². The average Bonchev–Trinajstić information content (AvgIpc) is 2.78. The lowest BCUT2D eigenvalue weighted by atomic mass is 10.0. The van der Waals surface area contributed by atoms with Crippen molar-refractivity contribution in [3.63, 3.8) is 0 Å². The van der Waals surface area contributed by atoms with E-state index in [1.807, 2.05) is 6.92 Å². The van der Waals surface area contributed by atoms with Crippen LogP contribution in [0.25, 0.3) is 0 Å². The highest BCUT2D eigenvalue weighted by Crippen LogP contribution is 2.27. The zero-order valence-corrected chi connectivity index (χ0v) is 10.6. The van der Waals surface area contributed by atoms with Crippen molar-refractivity contribution in [3.05, 3.63) is 18.2 Å². The summed E-state index contributed by atoms with van der Waals surface area (Å²) in [5, 5.41) is 2.83.